The van der Waals surface area contributed by atoms with Gasteiger partial charge in [-0.05, 0) is 49.8 Å². The Bertz CT molecular complexity index is 493. The van der Waals surface area contributed by atoms with Gasteiger partial charge >= 0.3 is 0 Å². The second-order valence-corrected chi connectivity index (χ2v) is 8.29. The van der Waals surface area contributed by atoms with Crippen LogP contribution in [0.4, 0.5) is 0 Å². The highest BCUT2D eigenvalue weighted by Gasteiger charge is 2.38. The van der Waals surface area contributed by atoms with Crippen molar-refractivity contribution in [2.75, 3.05) is 6.54 Å². The van der Waals surface area contributed by atoms with E-state index in [1.54, 1.807) is 0 Å². The zero-order valence-corrected chi connectivity index (χ0v) is 14.7. The Kier molecular flexibility index (Phi) is 6.27. The Labute approximate surface area is 136 Å². The van der Waals surface area contributed by atoms with Crippen LogP contribution in [0, 0.1) is 11.8 Å². The molecule has 0 saturated heterocycles. The van der Waals surface area contributed by atoms with Gasteiger partial charge < -0.3 is 5.32 Å². The minimum Gasteiger partial charge on any atom is -0.313 e. The molecule has 1 fully saturated rings. The van der Waals surface area contributed by atoms with E-state index in [2.05, 4.69) is 26.1 Å². The van der Waals surface area contributed by atoms with Crippen molar-refractivity contribution in [1.29, 1.82) is 0 Å². The first-order valence-electron chi connectivity index (χ1n) is 7.93. The van der Waals surface area contributed by atoms with Crippen molar-refractivity contribution in [3.05, 3.63) is 29.3 Å². The molecule has 118 valence electrons. The predicted octanol–water partition coefficient (Wildman–Crippen LogP) is 4.25. The average Bonchev–Trinajstić information content (AvgIpc) is 2.44. The van der Waals surface area contributed by atoms with E-state index in [0.29, 0.717) is 22.9 Å². The van der Waals surface area contributed by atoms with Crippen LogP contribution in [-0.4, -0.2) is 22.0 Å². The molecule has 1 aliphatic rings. The fourth-order valence-electron chi connectivity index (χ4n) is 3.47. The Morgan fingerprint density at radius 2 is 2.00 bits per heavy atom. The molecule has 0 bridgehead atoms. The highest BCUT2D eigenvalue weighted by Crippen LogP contribution is 2.35. The van der Waals surface area contributed by atoms with E-state index in [0.717, 1.165) is 30.7 Å². The lowest BCUT2D eigenvalue weighted by Crippen LogP contribution is -2.50. The van der Waals surface area contributed by atoms with Crippen LogP contribution in [0.3, 0.4) is 0 Å². The largest absolute Gasteiger partial charge is 0.313 e. The molecule has 1 aromatic rings. The molecule has 0 heterocycles. The summed E-state index contributed by atoms with van der Waals surface area (Å²) in [7, 11) is -1.05. The van der Waals surface area contributed by atoms with E-state index in [9.17, 15) is 4.21 Å². The summed E-state index contributed by atoms with van der Waals surface area (Å²) in [5.74, 6) is 1.13. The first-order valence-corrected chi connectivity index (χ1v) is 9.52. The molecule has 1 N–H and O–H groups in total. The Hall–Kier alpha value is -0.380. The maximum Gasteiger partial charge on any atom is 0.0594 e. The van der Waals surface area contributed by atoms with Gasteiger partial charge in [0.15, 0.2) is 0 Å². The number of hydrogen-bond donors (Lipinski definition) is 1. The summed E-state index contributed by atoms with van der Waals surface area (Å²) in [6.07, 6.45) is 3.35. The predicted molar refractivity (Wildman–Crippen MR) is 91.3 cm³/mol. The first-order chi connectivity index (χ1) is 10.0. The number of rotatable bonds is 5. The van der Waals surface area contributed by atoms with Crippen LogP contribution in [0.25, 0.3) is 0 Å². The third-order valence-electron chi connectivity index (χ3n) is 4.34. The maximum absolute atomic E-state index is 13.1. The molecule has 0 spiro atoms. The average molecular weight is 328 g/mol. The molecule has 21 heavy (non-hydrogen) atoms. The lowest BCUT2D eigenvalue weighted by atomic mass is 9.80. The van der Waals surface area contributed by atoms with Crippen LogP contribution < -0.4 is 5.32 Å². The van der Waals surface area contributed by atoms with Gasteiger partial charge in [-0.1, -0.05) is 44.5 Å². The van der Waals surface area contributed by atoms with Crippen molar-refractivity contribution >= 4 is 22.4 Å². The molecule has 4 heteroatoms. The van der Waals surface area contributed by atoms with E-state index < -0.39 is 10.8 Å². The summed E-state index contributed by atoms with van der Waals surface area (Å²) in [6, 6.07) is 7.87. The molecule has 0 amide bonds. The van der Waals surface area contributed by atoms with Crippen LogP contribution in [0.2, 0.25) is 5.02 Å². The normalized spacial score (nSPS) is 31.0. The van der Waals surface area contributed by atoms with E-state index in [4.69, 9.17) is 11.6 Å². The highest BCUT2D eigenvalue weighted by molar-refractivity contribution is 7.86. The minimum atomic E-state index is -1.05. The van der Waals surface area contributed by atoms with Gasteiger partial charge in [0.25, 0.3) is 0 Å². The molecule has 2 rings (SSSR count). The fourth-order valence-corrected chi connectivity index (χ4v) is 5.64. The lowest BCUT2D eigenvalue weighted by Gasteiger charge is -2.39. The summed E-state index contributed by atoms with van der Waals surface area (Å²) in [5, 5.41) is 4.38. The van der Waals surface area contributed by atoms with Crippen LogP contribution in [0.1, 0.15) is 40.0 Å². The molecule has 1 aliphatic carbocycles. The van der Waals surface area contributed by atoms with Crippen molar-refractivity contribution in [1.82, 2.24) is 5.32 Å². The van der Waals surface area contributed by atoms with Gasteiger partial charge in [0.05, 0.1) is 26.0 Å². The molecule has 0 aromatic heterocycles. The molecule has 0 aliphatic heterocycles. The monoisotopic (exact) mass is 327 g/mol. The molecule has 1 aromatic carbocycles. The quantitative estimate of drug-likeness (QED) is 0.876. The molecule has 2 nitrogen and oxygen atoms in total. The smallest absolute Gasteiger partial charge is 0.0594 e. The van der Waals surface area contributed by atoms with Crippen LogP contribution in [0.15, 0.2) is 29.2 Å². The molecule has 0 radical (unpaired) electrons. The van der Waals surface area contributed by atoms with Gasteiger partial charge in [-0.15, -0.1) is 0 Å². The fraction of sp³-hybridized carbons (Fsp3) is 0.647. The molecule has 5 unspecified atom stereocenters. The van der Waals surface area contributed by atoms with Crippen molar-refractivity contribution in [3.63, 3.8) is 0 Å². The van der Waals surface area contributed by atoms with Crippen molar-refractivity contribution in [2.24, 2.45) is 11.8 Å². The van der Waals surface area contributed by atoms with E-state index >= 15 is 0 Å². The third kappa shape index (κ3) is 4.08. The molecule has 5 atom stereocenters. The van der Waals surface area contributed by atoms with Crippen LogP contribution in [-0.2, 0) is 10.8 Å². The number of benzene rings is 1. The van der Waals surface area contributed by atoms with E-state index in [1.165, 1.54) is 0 Å². The van der Waals surface area contributed by atoms with Gasteiger partial charge in [-0.25, -0.2) is 0 Å². The Morgan fingerprint density at radius 1 is 1.29 bits per heavy atom. The van der Waals surface area contributed by atoms with Gasteiger partial charge in [-0.2, -0.15) is 0 Å². The van der Waals surface area contributed by atoms with Crippen molar-refractivity contribution in [3.8, 4) is 0 Å². The topological polar surface area (TPSA) is 29.1 Å². The molecular formula is C17H26ClNOS. The van der Waals surface area contributed by atoms with Gasteiger partial charge in [0.2, 0.25) is 0 Å². The number of hydrogen-bond acceptors (Lipinski definition) is 2. The van der Waals surface area contributed by atoms with Crippen molar-refractivity contribution < 1.29 is 4.21 Å². The van der Waals surface area contributed by atoms with E-state index in [-0.39, 0.29) is 5.25 Å². The minimum absolute atomic E-state index is 0.146. The SMILES string of the molecule is CCCNC1CC(C)CC(C)C1S(=O)c1ccccc1Cl. The zero-order chi connectivity index (χ0) is 15.4. The van der Waals surface area contributed by atoms with Crippen LogP contribution >= 0.6 is 11.6 Å². The first kappa shape index (κ1) is 17.0. The number of nitrogens with one attached hydrogen (secondary N) is 1. The van der Waals surface area contributed by atoms with Gasteiger partial charge in [0.1, 0.15) is 0 Å². The van der Waals surface area contributed by atoms with Crippen LogP contribution in [0.5, 0.6) is 0 Å². The Morgan fingerprint density at radius 3 is 2.67 bits per heavy atom. The van der Waals surface area contributed by atoms with Gasteiger partial charge in [0, 0.05) is 6.04 Å². The second kappa shape index (κ2) is 7.75. The maximum atomic E-state index is 13.1. The highest BCUT2D eigenvalue weighted by atomic mass is 35.5. The second-order valence-electron chi connectivity index (χ2n) is 6.31. The summed E-state index contributed by atoms with van der Waals surface area (Å²) in [5.41, 5.74) is 0. The Balaban J connectivity index is 2.24. The summed E-state index contributed by atoms with van der Waals surface area (Å²) in [4.78, 5) is 0.786. The molecular weight excluding hydrogens is 302 g/mol. The molecule has 1 saturated carbocycles. The van der Waals surface area contributed by atoms with E-state index in [1.807, 2.05) is 24.3 Å². The third-order valence-corrected chi connectivity index (χ3v) is 6.86. The summed E-state index contributed by atoms with van der Waals surface area (Å²) in [6.45, 7) is 7.69. The van der Waals surface area contributed by atoms with Crippen molar-refractivity contribution in [2.45, 2.75) is 56.2 Å². The summed E-state index contributed by atoms with van der Waals surface area (Å²) < 4.78 is 13.1. The lowest BCUT2D eigenvalue weighted by molar-refractivity contribution is 0.246. The standard InChI is InChI=1S/C17H26ClNOS/c1-4-9-19-15-11-12(2)10-13(3)17(15)21(20)16-8-6-5-7-14(16)18/h5-8,12-13,15,17,19H,4,9-11H2,1-3H3. The summed E-state index contributed by atoms with van der Waals surface area (Å²) >= 11 is 6.25. The van der Waals surface area contributed by atoms with Gasteiger partial charge in [-0.3, -0.25) is 4.21 Å². The number of halogens is 1. The zero-order valence-electron chi connectivity index (χ0n) is 13.1.